The summed E-state index contributed by atoms with van der Waals surface area (Å²) in [6.45, 7) is 3.15. The molecule has 3 aromatic carbocycles. The number of esters is 2. The number of benzene rings is 3. The van der Waals surface area contributed by atoms with E-state index >= 15 is 0 Å². The molecule has 0 heterocycles. The van der Waals surface area contributed by atoms with Crippen LogP contribution < -0.4 is 20.1 Å². The molecule has 0 fully saturated rings. The van der Waals surface area contributed by atoms with Crippen molar-refractivity contribution in [1.29, 1.82) is 0 Å². The lowest BCUT2D eigenvalue weighted by Crippen LogP contribution is -2.24. The smallest absolute Gasteiger partial charge is 0.308 e. The van der Waals surface area contributed by atoms with Gasteiger partial charge in [-0.15, -0.1) is 0 Å². The van der Waals surface area contributed by atoms with Crippen molar-refractivity contribution < 1.29 is 28.7 Å². The summed E-state index contributed by atoms with van der Waals surface area (Å²) >= 11 is 0. The van der Waals surface area contributed by atoms with Gasteiger partial charge in [0.05, 0.1) is 0 Å². The van der Waals surface area contributed by atoms with E-state index in [0.717, 1.165) is 11.1 Å². The predicted octanol–water partition coefficient (Wildman–Crippen LogP) is 3.40. The fraction of sp³-hybridized carbons (Fsp3) is 0.154. The van der Waals surface area contributed by atoms with Gasteiger partial charge in [-0.05, 0) is 47.5 Å². The lowest BCUT2D eigenvalue weighted by molar-refractivity contribution is -0.132. The van der Waals surface area contributed by atoms with Gasteiger partial charge < -0.3 is 20.1 Å². The Morgan fingerprint density at radius 1 is 0.618 bits per heavy atom. The molecule has 0 aromatic heterocycles. The van der Waals surface area contributed by atoms with Crippen molar-refractivity contribution in [2.24, 2.45) is 0 Å². The molecule has 3 aromatic rings. The largest absolute Gasteiger partial charge is 0.427 e. The molecule has 0 bridgehead atoms. The van der Waals surface area contributed by atoms with Crippen LogP contribution in [0.15, 0.2) is 72.8 Å². The first-order valence-electron chi connectivity index (χ1n) is 10.5. The van der Waals surface area contributed by atoms with E-state index in [9.17, 15) is 19.2 Å². The molecule has 2 N–H and O–H groups in total. The van der Waals surface area contributed by atoms with Gasteiger partial charge in [0.25, 0.3) is 11.8 Å². The first-order valence-corrected chi connectivity index (χ1v) is 10.5. The lowest BCUT2D eigenvalue weighted by Gasteiger charge is -2.10. The maximum Gasteiger partial charge on any atom is 0.308 e. The third-order valence-corrected chi connectivity index (χ3v) is 4.61. The van der Waals surface area contributed by atoms with E-state index in [1.165, 1.54) is 26.0 Å². The third-order valence-electron chi connectivity index (χ3n) is 4.61. The zero-order chi connectivity index (χ0) is 24.5. The standard InChI is InChI=1S/C26H24N2O6/c1-17(29)33-23-10-4-8-21(13-23)25(31)27-15-19-6-3-7-20(12-19)16-28-26(32)22-9-5-11-24(14-22)34-18(2)30/h3-14H,15-16H2,1-2H3,(H,27,31)(H,28,32). The van der Waals surface area contributed by atoms with Crippen molar-refractivity contribution in [3.63, 3.8) is 0 Å². The fourth-order valence-electron chi connectivity index (χ4n) is 3.15. The molecule has 0 aliphatic rings. The summed E-state index contributed by atoms with van der Waals surface area (Å²) in [5.74, 6) is -0.926. The van der Waals surface area contributed by atoms with Crippen molar-refractivity contribution in [1.82, 2.24) is 10.6 Å². The maximum absolute atomic E-state index is 12.5. The number of carbonyl (C=O) groups is 4. The van der Waals surface area contributed by atoms with Gasteiger partial charge in [-0.1, -0.05) is 36.4 Å². The first-order chi connectivity index (χ1) is 16.3. The van der Waals surface area contributed by atoms with Gasteiger partial charge in [-0.3, -0.25) is 19.2 Å². The zero-order valence-electron chi connectivity index (χ0n) is 18.8. The number of amides is 2. The first kappa shape index (κ1) is 24.2. The predicted molar refractivity (Wildman–Crippen MR) is 124 cm³/mol. The average molecular weight is 460 g/mol. The molecule has 0 saturated carbocycles. The number of carbonyl (C=O) groups excluding carboxylic acids is 4. The molecule has 174 valence electrons. The van der Waals surface area contributed by atoms with Gasteiger partial charge >= 0.3 is 11.9 Å². The Bertz CT molecular complexity index is 1130. The second-order valence-electron chi connectivity index (χ2n) is 7.43. The number of hydrogen-bond donors (Lipinski definition) is 2. The van der Waals surface area contributed by atoms with Crippen LogP contribution in [0.5, 0.6) is 11.5 Å². The number of rotatable bonds is 8. The molecule has 3 rings (SSSR count). The van der Waals surface area contributed by atoms with E-state index < -0.39 is 11.9 Å². The van der Waals surface area contributed by atoms with Crippen LogP contribution in [0, 0.1) is 0 Å². The highest BCUT2D eigenvalue weighted by molar-refractivity contribution is 5.95. The van der Waals surface area contributed by atoms with Crippen molar-refractivity contribution in [2.45, 2.75) is 26.9 Å². The minimum Gasteiger partial charge on any atom is -0.427 e. The minimum atomic E-state index is -0.460. The van der Waals surface area contributed by atoms with Gasteiger partial charge in [0.1, 0.15) is 11.5 Å². The zero-order valence-corrected chi connectivity index (χ0v) is 18.8. The van der Waals surface area contributed by atoms with E-state index in [1.807, 2.05) is 24.3 Å². The Kier molecular flexibility index (Phi) is 8.12. The molecule has 2 amide bonds. The quantitative estimate of drug-likeness (QED) is 0.394. The highest BCUT2D eigenvalue weighted by Gasteiger charge is 2.10. The van der Waals surface area contributed by atoms with Crippen LogP contribution in [-0.4, -0.2) is 23.8 Å². The average Bonchev–Trinajstić information content (AvgIpc) is 2.81. The van der Waals surface area contributed by atoms with Crippen LogP contribution >= 0.6 is 0 Å². The van der Waals surface area contributed by atoms with Gasteiger partial charge in [-0.25, -0.2) is 0 Å². The molecule has 34 heavy (non-hydrogen) atoms. The molecular formula is C26H24N2O6. The minimum absolute atomic E-state index is 0.281. The van der Waals surface area contributed by atoms with Crippen molar-refractivity contribution >= 4 is 23.8 Å². The molecule has 8 heteroatoms. The SMILES string of the molecule is CC(=O)Oc1cccc(C(=O)NCc2cccc(CNC(=O)c3cccc(OC(C)=O)c3)c2)c1. The Hall–Kier alpha value is -4.46. The Balaban J connectivity index is 1.56. The monoisotopic (exact) mass is 460 g/mol. The second kappa shape index (κ2) is 11.4. The summed E-state index contributed by atoms with van der Waals surface area (Å²) in [4.78, 5) is 47.1. The molecule has 0 radical (unpaired) electrons. The number of hydrogen-bond acceptors (Lipinski definition) is 6. The summed E-state index contributed by atoms with van der Waals surface area (Å²) in [6, 6.07) is 20.2. The van der Waals surface area contributed by atoms with E-state index in [1.54, 1.807) is 36.4 Å². The van der Waals surface area contributed by atoms with E-state index in [0.29, 0.717) is 22.6 Å². The van der Waals surface area contributed by atoms with Gasteiger partial charge in [0.15, 0.2) is 0 Å². The van der Waals surface area contributed by atoms with E-state index in [-0.39, 0.29) is 24.9 Å². The van der Waals surface area contributed by atoms with E-state index in [2.05, 4.69) is 10.6 Å². The van der Waals surface area contributed by atoms with E-state index in [4.69, 9.17) is 9.47 Å². The van der Waals surface area contributed by atoms with Crippen molar-refractivity contribution in [3.05, 3.63) is 95.1 Å². The van der Waals surface area contributed by atoms with Crippen LogP contribution in [0.25, 0.3) is 0 Å². The molecule has 0 spiro atoms. The Morgan fingerprint density at radius 2 is 1.03 bits per heavy atom. The Morgan fingerprint density at radius 3 is 1.44 bits per heavy atom. The van der Waals surface area contributed by atoms with Crippen molar-refractivity contribution in [2.75, 3.05) is 0 Å². The lowest BCUT2D eigenvalue weighted by atomic mass is 10.1. The normalized spacial score (nSPS) is 10.2. The molecule has 8 nitrogen and oxygen atoms in total. The molecule has 0 saturated heterocycles. The van der Waals surface area contributed by atoms with Crippen LogP contribution in [0.4, 0.5) is 0 Å². The molecular weight excluding hydrogens is 436 g/mol. The summed E-state index contributed by atoms with van der Waals surface area (Å²) in [5.41, 5.74) is 2.46. The van der Waals surface area contributed by atoms with Gasteiger partial charge in [-0.2, -0.15) is 0 Å². The molecule has 0 aliphatic heterocycles. The molecule has 0 aliphatic carbocycles. The summed E-state index contributed by atoms with van der Waals surface area (Å²) in [5, 5.41) is 5.65. The van der Waals surface area contributed by atoms with Gasteiger partial charge in [0, 0.05) is 38.1 Å². The summed E-state index contributed by atoms with van der Waals surface area (Å²) < 4.78 is 10.0. The third kappa shape index (κ3) is 7.30. The van der Waals surface area contributed by atoms with Gasteiger partial charge in [0.2, 0.25) is 0 Å². The Labute approximate surface area is 196 Å². The highest BCUT2D eigenvalue weighted by atomic mass is 16.5. The fourth-order valence-corrected chi connectivity index (χ4v) is 3.15. The molecule has 0 atom stereocenters. The van der Waals surface area contributed by atoms with Crippen LogP contribution in [-0.2, 0) is 22.7 Å². The topological polar surface area (TPSA) is 111 Å². The molecule has 0 unspecified atom stereocenters. The highest BCUT2D eigenvalue weighted by Crippen LogP contribution is 2.15. The van der Waals surface area contributed by atoms with Crippen molar-refractivity contribution in [3.8, 4) is 11.5 Å². The maximum atomic E-state index is 12.5. The summed E-state index contributed by atoms with van der Waals surface area (Å²) in [7, 11) is 0. The van der Waals surface area contributed by atoms with Crippen LogP contribution in [0.3, 0.4) is 0 Å². The second-order valence-corrected chi connectivity index (χ2v) is 7.43. The number of ether oxygens (including phenoxy) is 2. The van der Waals surface area contributed by atoms with Crippen LogP contribution in [0.2, 0.25) is 0 Å². The number of nitrogens with one attached hydrogen (secondary N) is 2. The summed E-state index contributed by atoms with van der Waals surface area (Å²) in [6.07, 6.45) is 0. The van der Waals surface area contributed by atoms with Crippen LogP contribution in [0.1, 0.15) is 45.7 Å².